The third kappa shape index (κ3) is 5.47. The molecule has 10 N–H and O–H groups in total. The second-order valence-corrected chi connectivity index (χ2v) is 7.32. The maximum Gasteiger partial charge on any atom is 0.449 e. The van der Waals surface area contributed by atoms with Gasteiger partial charge >= 0.3 is 12.2 Å². The first kappa shape index (κ1) is 24.7. The summed E-state index contributed by atoms with van der Waals surface area (Å²) in [5.41, 5.74) is 21.1. The van der Waals surface area contributed by atoms with Crippen LogP contribution in [0.15, 0.2) is 47.5 Å². The molecule has 0 unspecified atom stereocenters. The van der Waals surface area contributed by atoms with Crippen molar-refractivity contribution in [2.75, 3.05) is 0 Å². The van der Waals surface area contributed by atoms with Crippen molar-refractivity contribution in [3.8, 4) is 23.4 Å². The number of ether oxygens (including phenoxy) is 2. The Morgan fingerprint density at radius 2 is 1.76 bits per heavy atom. The Labute approximate surface area is 204 Å². The summed E-state index contributed by atoms with van der Waals surface area (Å²) in [6.45, 7) is 0. The molecule has 190 valence electrons. The number of fused-ring (bicyclic) bond motifs is 1. The highest BCUT2D eigenvalue weighted by atomic mass is 19.4. The molecule has 0 aliphatic carbocycles. The molecule has 0 saturated carbocycles. The minimum absolute atomic E-state index is 0.135. The van der Waals surface area contributed by atoms with Gasteiger partial charge in [0, 0.05) is 11.6 Å². The number of primary amides is 1. The van der Waals surface area contributed by atoms with E-state index < -0.39 is 35.4 Å². The number of rotatable bonds is 7. The molecule has 0 aliphatic rings. The van der Waals surface area contributed by atoms with E-state index in [0.717, 1.165) is 0 Å². The Kier molecular flexibility index (Phi) is 6.23. The largest absolute Gasteiger partial charge is 0.449 e. The predicted molar refractivity (Wildman–Crippen MR) is 125 cm³/mol. The van der Waals surface area contributed by atoms with Crippen LogP contribution in [0.5, 0.6) is 23.4 Å². The first-order valence-corrected chi connectivity index (χ1v) is 10.1. The lowest BCUT2D eigenvalue weighted by Crippen LogP contribution is -2.21. The molecule has 1 amide bonds. The van der Waals surface area contributed by atoms with E-state index in [2.05, 4.69) is 24.9 Å². The molecule has 2 aromatic carbocycles. The molecule has 4 aromatic rings. The van der Waals surface area contributed by atoms with Crippen molar-refractivity contribution < 1.29 is 27.4 Å². The summed E-state index contributed by atoms with van der Waals surface area (Å²) in [5, 5.41) is 7.61. The minimum Gasteiger partial charge on any atom is -0.436 e. The number of benzene rings is 2. The maximum absolute atomic E-state index is 13.3. The summed E-state index contributed by atoms with van der Waals surface area (Å²) in [6, 6.07) is 9.38. The van der Waals surface area contributed by atoms with Gasteiger partial charge in [0.05, 0.1) is 11.3 Å². The number of halogens is 3. The highest BCUT2D eigenvalue weighted by Crippen LogP contribution is 2.35. The third-order valence-corrected chi connectivity index (χ3v) is 4.62. The van der Waals surface area contributed by atoms with E-state index in [1.165, 1.54) is 30.3 Å². The van der Waals surface area contributed by atoms with Gasteiger partial charge < -0.3 is 37.4 Å². The van der Waals surface area contributed by atoms with Crippen molar-refractivity contribution in [1.82, 2.24) is 19.9 Å². The van der Waals surface area contributed by atoms with Gasteiger partial charge in [0.2, 0.25) is 5.82 Å². The summed E-state index contributed by atoms with van der Waals surface area (Å²) >= 11 is 0. The molecule has 37 heavy (non-hydrogen) atoms. The summed E-state index contributed by atoms with van der Waals surface area (Å²) < 4.78 is 51.3. The second-order valence-electron chi connectivity index (χ2n) is 7.32. The van der Waals surface area contributed by atoms with Crippen molar-refractivity contribution in [2.24, 2.45) is 27.9 Å². The molecule has 0 spiro atoms. The number of amides is 1. The smallest absolute Gasteiger partial charge is 0.436 e. The van der Waals surface area contributed by atoms with Crippen LogP contribution in [0.1, 0.15) is 21.7 Å². The zero-order chi connectivity index (χ0) is 26.9. The number of aromatic nitrogens is 4. The zero-order valence-electron chi connectivity index (χ0n) is 18.5. The van der Waals surface area contributed by atoms with Crippen LogP contribution in [0, 0.1) is 5.41 Å². The van der Waals surface area contributed by atoms with Crippen LogP contribution >= 0.6 is 0 Å². The normalized spacial score (nSPS) is 11.2. The van der Waals surface area contributed by atoms with Crippen molar-refractivity contribution in [1.29, 1.82) is 5.41 Å². The van der Waals surface area contributed by atoms with Gasteiger partial charge in [-0.05, 0) is 24.3 Å². The molecule has 16 heteroatoms. The zero-order valence-corrected chi connectivity index (χ0v) is 18.5. The molecular weight excluding hydrogens is 497 g/mol. The van der Waals surface area contributed by atoms with Crippen LogP contribution in [-0.2, 0) is 6.18 Å². The first-order valence-electron chi connectivity index (χ1n) is 10.1. The van der Waals surface area contributed by atoms with Gasteiger partial charge in [0.25, 0.3) is 11.8 Å². The number of nitrogens with two attached hydrogens (primary N) is 4. The van der Waals surface area contributed by atoms with E-state index in [4.69, 9.17) is 37.8 Å². The summed E-state index contributed by atoms with van der Waals surface area (Å²) in [5.74, 6) is -3.43. The Morgan fingerprint density at radius 1 is 1.00 bits per heavy atom. The lowest BCUT2D eigenvalue weighted by atomic mass is 10.1. The first-order chi connectivity index (χ1) is 17.4. The van der Waals surface area contributed by atoms with Crippen LogP contribution < -0.4 is 32.4 Å². The number of hydrogen-bond donors (Lipinski definition) is 6. The SMILES string of the molecule is N=C(N)c1ccc(C(N)=O)c(Oc2nc(Oc3cccc(N=C(N)N)c3)nc3nc(C(F)(F)F)[nH]c23)c1. The fourth-order valence-electron chi connectivity index (χ4n) is 3.06. The molecule has 0 atom stereocenters. The van der Waals surface area contributed by atoms with Crippen LogP contribution in [-0.4, -0.2) is 37.6 Å². The number of guanidine groups is 1. The van der Waals surface area contributed by atoms with Gasteiger partial charge in [-0.15, -0.1) is 0 Å². The fourth-order valence-corrected chi connectivity index (χ4v) is 3.06. The van der Waals surface area contributed by atoms with Gasteiger partial charge in [-0.3, -0.25) is 10.2 Å². The highest BCUT2D eigenvalue weighted by molar-refractivity contribution is 6.00. The molecular formula is C21H17F3N10O3. The van der Waals surface area contributed by atoms with E-state index in [9.17, 15) is 18.0 Å². The third-order valence-electron chi connectivity index (χ3n) is 4.62. The number of carbonyl (C=O) groups is 1. The Morgan fingerprint density at radius 3 is 2.41 bits per heavy atom. The van der Waals surface area contributed by atoms with Gasteiger partial charge in [-0.1, -0.05) is 12.1 Å². The number of nitrogens with zero attached hydrogens (tertiary/aromatic N) is 4. The second kappa shape index (κ2) is 9.33. The maximum atomic E-state index is 13.3. The van der Waals surface area contributed by atoms with Gasteiger partial charge in [0.15, 0.2) is 11.6 Å². The van der Waals surface area contributed by atoms with Gasteiger partial charge in [0.1, 0.15) is 22.9 Å². The number of imidazole rings is 1. The van der Waals surface area contributed by atoms with Crippen LogP contribution in [0.3, 0.4) is 0 Å². The molecule has 0 fully saturated rings. The number of nitrogens with one attached hydrogen (secondary N) is 2. The number of hydrogen-bond acceptors (Lipinski definition) is 8. The van der Waals surface area contributed by atoms with E-state index in [-0.39, 0.29) is 39.9 Å². The van der Waals surface area contributed by atoms with E-state index in [1.54, 1.807) is 12.1 Å². The number of carbonyl (C=O) groups excluding carboxylic acids is 1. The predicted octanol–water partition coefficient (Wildman–Crippen LogP) is 2.24. The van der Waals surface area contributed by atoms with Gasteiger partial charge in [-0.2, -0.15) is 23.1 Å². The molecule has 2 aromatic heterocycles. The standard InChI is InChI=1S/C21H17F3N10O3/c22-21(23,24)18-31-13-16(32-18)33-20(36-10-3-1-2-9(7-10)30-19(28)29)34-17(13)37-12-6-8(14(25)26)4-5-11(12)15(27)35/h1-7H,(H3,25,26)(H2,27,35)(H4,28,29,30)(H,31,32,33,34). The van der Waals surface area contributed by atoms with Crippen LogP contribution in [0.4, 0.5) is 18.9 Å². The molecule has 4 rings (SSSR count). The summed E-state index contributed by atoms with van der Waals surface area (Å²) in [6.07, 6.45) is -4.85. The topological polar surface area (TPSA) is 230 Å². The monoisotopic (exact) mass is 514 g/mol. The number of aliphatic imine (C=N–C) groups is 1. The average Bonchev–Trinajstić information content (AvgIpc) is 3.24. The molecule has 2 heterocycles. The Hall–Kier alpha value is -5.41. The molecule has 0 radical (unpaired) electrons. The van der Waals surface area contributed by atoms with Gasteiger partial charge in [-0.25, -0.2) is 9.98 Å². The summed E-state index contributed by atoms with van der Waals surface area (Å²) in [4.78, 5) is 29.3. The minimum atomic E-state index is -4.85. The van der Waals surface area contributed by atoms with Crippen molar-refractivity contribution >= 4 is 34.6 Å². The quantitative estimate of drug-likeness (QED) is 0.157. The number of aromatic amines is 1. The number of H-pyrrole nitrogens is 1. The number of amidine groups is 1. The van der Waals surface area contributed by atoms with E-state index in [0.29, 0.717) is 5.69 Å². The Balaban J connectivity index is 1.84. The van der Waals surface area contributed by atoms with Crippen molar-refractivity contribution in [3.63, 3.8) is 0 Å². The van der Waals surface area contributed by atoms with Crippen LogP contribution in [0.2, 0.25) is 0 Å². The number of nitrogen functional groups attached to an aromatic ring is 1. The summed E-state index contributed by atoms with van der Waals surface area (Å²) in [7, 11) is 0. The fraction of sp³-hybridized carbons (Fsp3) is 0.0476. The van der Waals surface area contributed by atoms with E-state index >= 15 is 0 Å². The van der Waals surface area contributed by atoms with Crippen LogP contribution in [0.25, 0.3) is 11.2 Å². The molecule has 13 nitrogen and oxygen atoms in total. The van der Waals surface area contributed by atoms with Crippen molar-refractivity contribution in [3.05, 3.63) is 59.4 Å². The molecule has 0 saturated heterocycles. The average molecular weight is 514 g/mol. The molecule has 0 bridgehead atoms. The Bertz CT molecular complexity index is 1560. The molecule has 0 aliphatic heterocycles. The highest BCUT2D eigenvalue weighted by Gasteiger charge is 2.36. The van der Waals surface area contributed by atoms with E-state index in [1.807, 2.05) is 0 Å². The number of alkyl halides is 3. The van der Waals surface area contributed by atoms with Crippen molar-refractivity contribution in [2.45, 2.75) is 6.18 Å². The lowest BCUT2D eigenvalue weighted by molar-refractivity contribution is -0.144. The lowest BCUT2D eigenvalue weighted by Gasteiger charge is -2.12.